The van der Waals surface area contributed by atoms with E-state index in [1.54, 1.807) is 6.08 Å². The van der Waals surface area contributed by atoms with E-state index in [9.17, 15) is 0 Å². The van der Waals surface area contributed by atoms with Crippen molar-refractivity contribution in [3.8, 4) is 12.1 Å². The Bertz CT molecular complexity index is 714. The molecule has 0 saturated heterocycles. The molecule has 3 nitrogen and oxygen atoms in total. The lowest BCUT2D eigenvalue weighted by molar-refractivity contribution is 1.46. The number of anilines is 1. The van der Waals surface area contributed by atoms with E-state index in [-0.39, 0.29) is 5.57 Å². The highest BCUT2D eigenvalue weighted by molar-refractivity contribution is 5.78. The molecular formula is C18H13N3. The van der Waals surface area contributed by atoms with E-state index in [0.29, 0.717) is 0 Å². The summed E-state index contributed by atoms with van der Waals surface area (Å²) >= 11 is 0. The molecule has 100 valence electrons. The molecule has 0 fully saturated rings. The Hall–Kier alpha value is -3.30. The molecule has 0 aliphatic rings. The Balaban J connectivity index is 2.37. The lowest BCUT2D eigenvalue weighted by atomic mass is 10.1. The van der Waals surface area contributed by atoms with Gasteiger partial charge in [-0.1, -0.05) is 48.5 Å². The number of hydrogen-bond acceptors (Lipinski definition) is 3. The molecule has 0 aliphatic heterocycles. The van der Waals surface area contributed by atoms with Crippen molar-refractivity contribution in [2.75, 3.05) is 5.32 Å². The van der Waals surface area contributed by atoms with Crippen LogP contribution in [0.2, 0.25) is 0 Å². The summed E-state index contributed by atoms with van der Waals surface area (Å²) in [6.07, 6.45) is 3.25. The average molecular weight is 271 g/mol. The number of rotatable bonds is 4. The molecule has 0 saturated carbocycles. The Morgan fingerprint density at radius 2 is 1.38 bits per heavy atom. The molecule has 0 aromatic heterocycles. The summed E-state index contributed by atoms with van der Waals surface area (Å²) < 4.78 is 0. The number of hydrogen-bond donors (Lipinski definition) is 1. The average Bonchev–Trinajstić information content (AvgIpc) is 2.56. The van der Waals surface area contributed by atoms with Crippen LogP contribution in [0, 0.1) is 22.7 Å². The highest BCUT2D eigenvalue weighted by Crippen LogP contribution is 2.18. The minimum atomic E-state index is 0.0679. The molecule has 0 heterocycles. The van der Waals surface area contributed by atoms with Gasteiger partial charge in [-0.15, -0.1) is 0 Å². The Labute approximate surface area is 124 Å². The fraction of sp³-hybridized carbons (Fsp3) is 0. The van der Waals surface area contributed by atoms with Gasteiger partial charge in [0.25, 0.3) is 0 Å². The zero-order valence-electron chi connectivity index (χ0n) is 11.3. The van der Waals surface area contributed by atoms with Crippen LogP contribution in [-0.4, -0.2) is 0 Å². The highest BCUT2D eigenvalue weighted by atomic mass is 14.9. The molecule has 0 unspecified atom stereocenters. The molecule has 2 aromatic carbocycles. The van der Waals surface area contributed by atoms with Crippen LogP contribution in [0.1, 0.15) is 5.56 Å². The van der Waals surface area contributed by atoms with Crippen LogP contribution < -0.4 is 5.32 Å². The lowest BCUT2D eigenvalue weighted by Gasteiger charge is -2.10. The van der Waals surface area contributed by atoms with E-state index in [4.69, 9.17) is 10.5 Å². The minimum absolute atomic E-state index is 0.0679. The normalized spacial score (nSPS) is 10.1. The monoisotopic (exact) mass is 271 g/mol. The second-order valence-corrected chi connectivity index (χ2v) is 4.24. The third-order valence-electron chi connectivity index (χ3n) is 2.80. The molecule has 0 amide bonds. The van der Waals surface area contributed by atoms with Crippen molar-refractivity contribution in [3.63, 3.8) is 0 Å². The second kappa shape index (κ2) is 7.33. The van der Waals surface area contributed by atoms with Gasteiger partial charge in [0.1, 0.15) is 17.7 Å². The maximum atomic E-state index is 8.81. The van der Waals surface area contributed by atoms with E-state index in [2.05, 4.69) is 5.32 Å². The summed E-state index contributed by atoms with van der Waals surface area (Å²) in [5, 5.41) is 20.9. The van der Waals surface area contributed by atoms with Gasteiger partial charge in [-0.2, -0.15) is 10.5 Å². The second-order valence-electron chi connectivity index (χ2n) is 4.24. The SMILES string of the molecule is N#CC(C#N)=CC=C(Nc1ccccc1)c1ccccc1. The maximum Gasteiger partial charge on any atom is 0.129 e. The molecule has 0 spiro atoms. The largest absolute Gasteiger partial charge is 0.355 e. The molecule has 21 heavy (non-hydrogen) atoms. The molecule has 0 atom stereocenters. The molecule has 0 bridgehead atoms. The van der Waals surface area contributed by atoms with Crippen LogP contribution >= 0.6 is 0 Å². The van der Waals surface area contributed by atoms with Crippen molar-refractivity contribution < 1.29 is 0 Å². The van der Waals surface area contributed by atoms with Crippen molar-refractivity contribution in [2.45, 2.75) is 0 Å². The molecule has 1 N–H and O–H groups in total. The number of nitrogens with one attached hydrogen (secondary N) is 1. The van der Waals surface area contributed by atoms with Gasteiger partial charge >= 0.3 is 0 Å². The minimum Gasteiger partial charge on any atom is -0.355 e. The standard InChI is InChI=1S/C18H13N3/c19-13-15(14-20)11-12-18(16-7-3-1-4-8-16)21-17-9-5-2-6-10-17/h1-12,21H. The third kappa shape index (κ3) is 4.09. The van der Waals surface area contributed by atoms with Crippen LogP contribution in [-0.2, 0) is 0 Å². The fourth-order valence-corrected chi connectivity index (χ4v) is 1.77. The number of nitrogens with zero attached hydrogens (tertiary/aromatic N) is 2. The van der Waals surface area contributed by atoms with Gasteiger partial charge in [-0.3, -0.25) is 0 Å². The number of benzene rings is 2. The van der Waals surface area contributed by atoms with E-state index in [0.717, 1.165) is 16.9 Å². The summed E-state index contributed by atoms with van der Waals surface area (Å²) in [6, 6.07) is 23.2. The topological polar surface area (TPSA) is 59.6 Å². The van der Waals surface area contributed by atoms with Crippen molar-refractivity contribution in [1.82, 2.24) is 0 Å². The van der Waals surface area contributed by atoms with Gasteiger partial charge < -0.3 is 5.32 Å². The van der Waals surface area contributed by atoms with E-state index in [1.807, 2.05) is 72.8 Å². The third-order valence-corrected chi connectivity index (χ3v) is 2.80. The van der Waals surface area contributed by atoms with Crippen molar-refractivity contribution in [1.29, 1.82) is 10.5 Å². The zero-order valence-corrected chi connectivity index (χ0v) is 11.3. The van der Waals surface area contributed by atoms with Gasteiger partial charge in [-0.05, 0) is 29.8 Å². The van der Waals surface area contributed by atoms with Gasteiger partial charge in [-0.25, -0.2) is 0 Å². The molecular weight excluding hydrogens is 258 g/mol. The van der Waals surface area contributed by atoms with Gasteiger partial charge in [0.05, 0.1) is 0 Å². The highest BCUT2D eigenvalue weighted by Gasteiger charge is 2.01. The van der Waals surface area contributed by atoms with Gasteiger partial charge in [0.2, 0.25) is 0 Å². The molecule has 2 rings (SSSR count). The maximum absolute atomic E-state index is 8.81. The predicted octanol–water partition coefficient (Wildman–Crippen LogP) is 4.11. The Morgan fingerprint density at radius 3 is 1.95 bits per heavy atom. The van der Waals surface area contributed by atoms with Crippen molar-refractivity contribution in [3.05, 3.63) is 84.0 Å². The number of nitriles is 2. The van der Waals surface area contributed by atoms with E-state index < -0.39 is 0 Å². The first-order chi connectivity index (χ1) is 10.3. The summed E-state index contributed by atoms with van der Waals surface area (Å²) in [6.45, 7) is 0. The molecule has 0 aliphatic carbocycles. The van der Waals surface area contributed by atoms with E-state index in [1.165, 1.54) is 6.08 Å². The van der Waals surface area contributed by atoms with Crippen molar-refractivity contribution in [2.24, 2.45) is 0 Å². The smallest absolute Gasteiger partial charge is 0.129 e. The van der Waals surface area contributed by atoms with E-state index >= 15 is 0 Å². The molecule has 0 radical (unpaired) electrons. The van der Waals surface area contributed by atoms with Crippen LogP contribution in [0.3, 0.4) is 0 Å². The first-order valence-electron chi connectivity index (χ1n) is 6.43. The summed E-state index contributed by atoms with van der Waals surface area (Å²) in [4.78, 5) is 0. The number of allylic oxidation sites excluding steroid dienone is 3. The Morgan fingerprint density at radius 1 is 0.810 bits per heavy atom. The van der Waals surface area contributed by atoms with Gasteiger partial charge in [0, 0.05) is 11.4 Å². The fourth-order valence-electron chi connectivity index (χ4n) is 1.77. The van der Waals surface area contributed by atoms with Crippen LogP contribution in [0.5, 0.6) is 0 Å². The molecule has 3 heteroatoms. The summed E-state index contributed by atoms with van der Waals surface area (Å²) in [7, 11) is 0. The van der Waals surface area contributed by atoms with Crippen molar-refractivity contribution >= 4 is 11.4 Å². The summed E-state index contributed by atoms with van der Waals surface area (Å²) in [5.74, 6) is 0. The predicted molar refractivity (Wildman–Crippen MR) is 83.8 cm³/mol. The zero-order chi connectivity index (χ0) is 14.9. The quantitative estimate of drug-likeness (QED) is 0.672. The lowest BCUT2D eigenvalue weighted by Crippen LogP contribution is -1.98. The van der Waals surface area contributed by atoms with Crippen LogP contribution in [0.25, 0.3) is 5.70 Å². The van der Waals surface area contributed by atoms with Crippen LogP contribution in [0.4, 0.5) is 5.69 Å². The number of para-hydroxylation sites is 1. The Kier molecular flexibility index (Phi) is 4.93. The van der Waals surface area contributed by atoms with Gasteiger partial charge in [0.15, 0.2) is 0 Å². The van der Waals surface area contributed by atoms with Crippen LogP contribution in [0.15, 0.2) is 78.4 Å². The first kappa shape index (κ1) is 14.1. The molecule has 2 aromatic rings. The summed E-state index contributed by atoms with van der Waals surface area (Å²) in [5.41, 5.74) is 2.81. The first-order valence-corrected chi connectivity index (χ1v) is 6.43.